The molecule has 1 amide bonds. The molecule has 1 aliphatic heterocycles. The van der Waals surface area contributed by atoms with E-state index < -0.39 is 11.7 Å². The van der Waals surface area contributed by atoms with Gasteiger partial charge in [0, 0.05) is 4.88 Å². The standard InChI is InChI=1S/C9H11N3O2S/c1-9(2)10-8(13)7(12(9)11-14)6-4-3-5-15-6/h3-5,7H,1-2H3,(H,10,13). The molecule has 80 valence electrons. The highest BCUT2D eigenvalue weighted by Gasteiger charge is 2.47. The van der Waals surface area contributed by atoms with Gasteiger partial charge in [-0.3, -0.25) is 4.79 Å². The molecule has 2 rings (SSSR count). The molecule has 0 saturated carbocycles. The van der Waals surface area contributed by atoms with Crippen LogP contribution in [-0.4, -0.2) is 16.6 Å². The number of nitroso groups, excluding NO2 is 1. The summed E-state index contributed by atoms with van der Waals surface area (Å²) in [4.78, 5) is 23.3. The summed E-state index contributed by atoms with van der Waals surface area (Å²) < 4.78 is 0. The summed E-state index contributed by atoms with van der Waals surface area (Å²) in [5, 5.41) is 8.80. The number of carbonyl (C=O) groups is 1. The molecule has 0 radical (unpaired) electrons. The van der Waals surface area contributed by atoms with Gasteiger partial charge in [-0.05, 0) is 25.3 Å². The first kappa shape index (κ1) is 10.1. The lowest BCUT2D eigenvalue weighted by Gasteiger charge is -2.26. The van der Waals surface area contributed by atoms with Crippen LogP contribution in [0.2, 0.25) is 0 Å². The molecule has 6 heteroatoms. The van der Waals surface area contributed by atoms with Crippen LogP contribution in [0, 0.1) is 4.91 Å². The lowest BCUT2D eigenvalue weighted by molar-refractivity contribution is -0.121. The highest BCUT2D eigenvalue weighted by atomic mass is 32.1. The van der Waals surface area contributed by atoms with Gasteiger partial charge in [0.1, 0.15) is 5.66 Å². The Hall–Kier alpha value is -1.43. The molecule has 0 aliphatic carbocycles. The third-order valence-electron chi connectivity index (χ3n) is 2.40. The van der Waals surface area contributed by atoms with Crippen LogP contribution in [0.1, 0.15) is 24.8 Å². The molecular formula is C9H11N3O2S. The molecule has 1 aromatic rings. The van der Waals surface area contributed by atoms with Gasteiger partial charge in [0.05, 0.1) is 5.29 Å². The van der Waals surface area contributed by atoms with Crippen molar-refractivity contribution in [1.29, 1.82) is 0 Å². The molecule has 15 heavy (non-hydrogen) atoms. The maximum absolute atomic E-state index is 11.7. The van der Waals surface area contributed by atoms with Gasteiger partial charge in [-0.1, -0.05) is 6.07 Å². The molecule has 2 heterocycles. The van der Waals surface area contributed by atoms with Crippen LogP contribution in [0.3, 0.4) is 0 Å². The number of nitrogens with one attached hydrogen (secondary N) is 1. The fourth-order valence-electron chi connectivity index (χ4n) is 1.71. The minimum absolute atomic E-state index is 0.179. The Morgan fingerprint density at radius 3 is 2.87 bits per heavy atom. The number of rotatable bonds is 2. The van der Waals surface area contributed by atoms with Crippen LogP contribution < -0.4 is 5.32 Å². The van der Waals surface area contributed by atoms with Gasteiger partial charge in [0.25, 0.3) is 5.91 Å². The topological polar surface area (TPSA) is 61.8 Å². The second kappa shape index (κ2) is 3.30. The van der Waals surface area contributed by atoms with Crippen LogP contribution in [0.15, 0.2) is 22.8 Å². The van der Waals surface area contributed by atoms with Crippen molar-refractivity contribution >= 4 is 17.2 Å². The summed E-state index contributed by atoms with van der Waals surface area (Å²) in [6.45, 7) is 3.50. The SMILES string of the molecule is CC1(C)NC(=O)C(c2cccs2)N1N=O. The maximum atomic E-state index is 11.7. The Morgan fingerprint density at radius 1 is 1.60 bits per heavy atom. The van der Waals surface area contributed by atoms with Crippen molar-refractivity contribution in [1.82, 2.24) is 10.3 Å². The molecule has 1 aromatic heterocycles. The summed E-state index contributed by atoms with van der Waals surface area (Å²) in [6.07, 6.45) is 0. The number of hydrogen-bond donors (Lipinski definition) is 1. The van der Waals surface area contributed by atoms with E-state index in [0.29, 0.717) is 0 Å². The van der Waals surface area contributed by atoms with Crippen molar-refractivity contribution in [3.05, 3.63) is 27.3 Å². The number of carbonyl (C=O) groups excluding carboxylic acids is 1. The van der Waals surface area contributed by atoms with E-state index in [2.05, 4.69) is 10.6 Å². The Bertz CT molecular complexity index is 388. The predicted octanol–water partition coefficient (Wildman–Crippen LogP) is 1.64. The largest absolute Gasteiger partial charge is 0.330 e. The summed E-state index contributed by atoms with van der Waals surface area (Å²) in [7, 11) is 0. The van der Waals surface area contributed by atoms with Crippen LogP contribution in [-0.2, 0) is 4.79 Å². The van der Waals surface area contributed by atoms with Crippen molar-refractivity contribution < 1.29 is 4.79 Å². The third-order valence-corrected chi connectivity index (χ3v) is 3.32. The van der Waals surface area contributed by atoms with Crippen LogP contribution in [0.4, 0.5) is 0 Å². The molecular weight excluding hydrogens is 214 g/mol. The second-order valence-corrected chi connectivity index (χ2v) is 4.87. The first-order valence-electron chi connectivity index (χ1n) is 4.54. The van der Waals surface area contributed by atoms with Gasteiger partial charge >= 0.3 is 0 Å². The van der Waals surface area contributed by atoms with E-state index in [1.165, 1.54) is 16.3 Å². The minimum Gasteiger partial charge on any atom is -0.330 e. The van der Waals surface area contributed by atoms with E-state index in [9.17, 15) is 9.70 Å². The molecule has 0 spiro atoms. The van der Waals surface area contributed by atoms with Crippen LogP contribution >= 0.6 is 11.3 Å². The van der Waals surface area contributed by atoms with Gasteiger partial charge in [0.2, 0.25) is 0 Å². The third kappa shape index (κ3) is 1.50. The molecule has 0 bridgehead atoms. The van der Waals surface area contributed by atoms with Crippen molar-refractivity contribution in [3.63, 3.8) is 0 Å². The number of amides is 1. The average molecular weight is 225 g/mol. The Balaban J connectivity index is 2.39. The van der Waals surface area contributed by atoms with E-state index in [4.69, 9.17) is 0 Å². The lowest BCUT2D eigenvalue weighted by Crippen LogP contribution is -2.43. The van der Waals surface area contributed by atoms with E-state index >= 15 is 0 Å². The molecule has 1 unspecified atom stereocenters. The highest BCUT2D eigenvalue weighted by molar-refractivity contribution is 7.10. The fraction of sp³-hybridized carbons (Fsp3) is 0.444. The minimum atomic E-state index is -0.715. The first-order valence-corrected chi connectivity index (χ1v) is 5.42. The predicted molar refractivity (Wildman–Crippen MR) is 56.9 cm³/mol. The van der Waals surface area contributed by atoms with Gasteiger partial charge in [-0.2, -0.15) is 0 Å². The lowest BCUT2D eigenvalue weighted by atomic mass is 10.2. The first-order chi connectivity index (χ1) is 7.06. The van der Waals surface area contributed by atoms with Crippen molar-refractivity contribution in [3.8, 4) is 0 Å². The zero-order chi connectivity index (χ0) is 11.1. The van der Waals surface area contributed by atoms with Crippen molar-refractivity contribution in [2.24, 2.45) is 5.29 Å². The summed E-state index contributed by atoms with van der Waals surface area (Å²) >= 11 is 1.44. The maximum Gasteiger partial charge on any atom is 0.251 e. The quantitative estimate of drug-likeness (QED) is 0.778. The summed E-state index contributed by atoms with van der Waals surface area (Å²) in [5.74, 6) is -0.179. The van der Waals surface area contributed by atoms with Gasteiger partial charge in [-0.25, -0.2) is 5.01 Å². The van der Waals surface area contributed by atoms with Gasteiger partial charge < -0.3 is 5.32 Å². The number of thiophene rings is 1. The molecule has 1 aliphatic rings. The molecule has 1 saturated heterocycles. The molecule has 1 fully saturated rings. The fourth-order valence-corrected chi connectivity index (χ4v) is 2.51. The van der Waals surface area contributed by atoms with E-state index in [1.807, 2.05) is 17.5 Å². The van der Waals surface area contributed by atoms with E-state index in [-0.39, 0.29) is 5.91 Å². The van der Waals surface area contributed by atoms with E-state index in [1.54, 1.807) is 13.8 Å². The van der Waals surface area contributed by atoms with Crippen molar-refractivity contribution in [2.75, 3.05) is 0 Å². The van der Waals surface area contributed by atoms with Crippen LogP contribution in [0.25, 0.3) is 0 Å². The zero-order valence-electron chi connectivity index (χ0n) is 8.43. The normalized spacial score (nSPS) is 24.0. The van der Waals surface area contributed by atoms with E-state index in [0.717, 1.165) is 4.88 Å². The number of nitrogens with zero attached hydrogens (tertiary/aromatic N) is 2. The molecule has 0 aromatic carbocycles. The monoisotopic (exact) mass is 225 g/mol. The zero-order valence-corrected chi connectivity index (χ0v) is 9.25. The molecule has 1 N–H and O–H groups in total. The van der Waals surface area contributed by atoms with Gasteiger partial charge in [-0.15, -0.1) is 16.2 Å². The Morgan fingerprint density at radius 2 is 2.33 bits per heavy atom. The Kier molecular flexibility index (Phi) is 2.22. The summed E-state index contributed by atoms with van der Waals surface area (Å²) in [6, 6.07) is 3.09. The molecule has 1 atom stereocenters. The van der Waals surface area contributed by atoms with Gasteiger partial charge in [0.15, 0.2) is 6.04 Å². The van der Waals surface area contributed by atoms with Crippen LogP contribution in [0.5, 0.6) is 0 Å². The smallest absolute Gasteiger partial charge is 0.251 e. The number of hydrogen-bond acceptors (Lipinski definition) is 4. The second-order valence-electron chi connectivity index (χ2n) is 3.89. The molecule has 5 nitrogen and oxygen atoms in total. The average Bonchev–Trinajstić information content (AvgIpc) is 2.70. The van der Waals surface area contributed by atoms with Crippen molar-refractivity contribution in [2.45, 2.75) is 25.6 Å². The highest BCUT2D eigenvalue weighted by Crippen LogP contribution is 2.35. The Labute approximate surface area is 91.0 Å². The summed E-state index contributed by atoms with van der Waals surface area (Å²) in [5.41, 5.74) is -0.715.